The van der Waals surface area contributed by atoms with Gasteiger partial charge < -0.3 is 10.1 Å². The highest BCUT2D eigenvalue weighted by atomic mass is 32.1. The molecule has 94 valence electrons. The maximum atomic E-state index is 5.60. The Balaban J connectivity index is 1.86. The van der Waals surface area contributed by atoms with Gasteiger partial charge >= 0.3 is 0 Å². The third-order valence-electron chi connectivity index (χ3n) is 2.76. The topological polar surface area (TPSA) is 47.0 Å². The van der Waals surface area contributed by atoms with Gasteiger partial charge in [0.05, 0.1) is 12.2 Å². The van der Waals surface area contributed by atoms with E-state index in [-0.39, 0.29) is 0 Å². The summed E-state index contributed by atoms with van der Waals surface area (Å²) in [6.45, 7) is 2.62. The fourth-order valence-electron chi connectivity index (χ4n) is 1.73. The van der Waals surface area contributed by atoms with Crippen LogP contribution in [0.5, 0.6) is 5.75 Å². The SMILES string of the molecule is CCOc1ccccc1-c1nsc(NC2CC2)n1. The third-order valence-corrected chi connectivity index (χ3v) is 3.41. The van der Waals surface area contributed by atoms with Gasteiger partial charge in [0, 0.05) is 17.6 Å². The molecule has 1 N–H and O–H groups in total. The lowest BCUT2D eigenvalue weighted by Crippen LogP contribution is -2.00. The number of ether oxygens (including phenoxy) is 1. The Morgan fingerprint density at radius 2 is 2.22 bits per heavy atom. The summed E-state index contributed by atoms with van der Waals surface area (Å²) >= 11 is 1.41. The second kappa shape index (κ2) is 4.94. The van der Waals surface area contributed by atoms with E-state index in [2.05, 4.69) is 14.7 Å². The minimum absolute atomic E-state index is 0.605. The smallest absolute Gasteiger partial charge is 0.203 e. The molecule has 1 aromatic heterocycles. The van der Waals surface area contributed by atoms with Crippen molar-refractivity contribution < 1.29 is 4.74 Å². The predicted octanol–water partition coefficient (Wildman–Crippen LogP) is 3.18. The van der Waals surface area contributed by atoms with Crippen molar-refractivity contribution in [2.75, 3.05) is 11.9 Å². The van der Waals surface area contributed by atoms with Gasteiger partial charge in [-0.1, -0.05) is 12.1 Å². The summed E-state index contributed by atoms with van der Waals surface area (Å²) in [4.78, 5) is 4.52. The summed E-state index contributed by atoms with van der Waals surface area (Å²) in [6.07, 6.45) is 2.48. The average Bonchev–Trinajstić information content (AvgIpc) is 3.07. The van der Waals surface area contributed by atoms with Gasteiger partial charge in [0.15, 0.2) is 5.82 Å². The number of rotatable bonds is 5. The first-order valence-electron chi connectivity index (χ1n) is 6.19. The van der Waals surface area contributed by atoms with E-state index < -0.39 is 0 Å². The van der Waals surface area contributed by atoms with Gasteiger partial charge in [0.2, 0.25) is 5.13 Å². The molecule has 3 rings (SSSR count). The number of hydrogen-bond donors (Lipinski definition) is 1. The van der Waals surface area contributed by atoms with Crippen LogP contribution in [-0.4, -0.2) is 22.0 Å². The van der Waals surface area contributed by atoms with Crippen LogP contribution >= 0.6 is 11.5 Å². The molecule has 0 atom stereocenters. The average molecular weight is 261 g/mol. The molecule has 0 radical (unpaired) electrons. The first-order chi connectivity index (χ1) is 8.86. The number of aromatic nitrogens is 2. The second-order valence-corrected chi connectivity index (χ2v) is 5.02. The Bertz CT molecular complexity index is 537. The Labute approximate surface area is 110 Å². The van der Waals surface area contributed by atoms with Crippen molar-refractivity contribution in [3.8, 4) is 17.1 Å². The van der Waals surface area contributed by atoms with Crippen LogP contribution in [-0.2, 0) is 0 Å². The zero-order valence-corrected chi connectivity index (χ0v) is 11.0. The highest BCUT2D eigenvalue weighted by Crippen LogP contribution is 2.31. The number of nitrogens with zero attached hydrogens (tertiary/aromatic N) is 2. The molecule has 0 spiro atoms. The van der Waals surface area contributed by atoms with Crippen LogP contribution in [0.15, 0.2) is 24.3 Å². The maximum Gasteiger partial charge on any atom is 0.203 e. The lowest BCUT2D eigenvalue weighted by atomic mass is 10.2. The molecule has 1 aliphatic rings. The normalized spacial score (nSPS) is 14.5. The van der Waals surface area contributed by atoms with E-state index in [0.29, 0.717) is 12.6 Å². The quantitative estimate of drug-likeness (QED) is 0.898. The van der Waals surface area contributed by atoms with Crippen molar-refractivity contribution in [1.82, 2.24) is 9.36 Å². The number of benzene rings is 1. The molecule has 1 aliphatic carbocycles. The molecule has 0 amide bonds. The van der Waals surface area contributed by atoms with E-state index in [1.54, 1.807) is 0 Å². The molecular weight excluding hydrogens is 246 g/mol. The van der Waals surface area contributed by atoms with Gasteiger partial charge in [-0.25, -0.2) is 0 Å². The van der Waals surface area contributed by atoms with Crippen LogP contribution in [0.4, 0.5) is 5.13 Å². The summed E-state index contributed by atoms with van der Waals surface area (Å²) in [5, 5.41) is 4.26. The molecule has 1 heterocycles. The predicted molar refractivity (Wildman–Crippen MR) is 73.2 cm³/mol. The molecule has 18 heavy (non-hydrogen) atoms. The standard InChI is InChI=1S/C13H15N3OS/c1-2-17-11-6-4-3-5-10(11)12-15-13(18-16-12)14-9-7-8-9/h3-6,9H,2,7-8H2,1H3,(H,14,15,16). The van der Waals surface area contributed by atoms with Crippen LogP contribution in [0.2, 0.25) is 0 Å². The highest BCUT2D eigenvalue weighted by Gasteiger charge is 2.22. The third kappa shape index (κ3) is 2.46. The number of anilines is 1. The van der Waals surface area contributed by atoms with Crippen LogP contribution in [0, 0.1) is 0 Å². The van der Waals surface area contributed by atoms with E-state index in [1.807, 2.05) is 31.2 Å². The van der Waals surface area contributed by atoms with Crippen LogP contribution in [0.3, 0.4) is 0 Å². The summed E-state index contributed by atoms with van der Waals surface area (Å²) < 4.78 is 10.00. The molecule has 1 aromatic carbocycles. The van der Waals surface area contributed by atoms with Crippen LogP contribution in [0.25, 0.3) is 11.4 Å². The Morgan fingerprint density at radius 3 is 3.00 bits per heavy atom. The van der Waals surface area contributed by atoms with Crippen molar-refractivity contribution in [3.05, 3.63) is 24.3 Å². The van der Waals surface area contributed by atoms with Gasteiger partial charge in [-0.2, -0.15) is 9.36 Å². The van der Waals surface area contributed by atoms with Crippen LogP contribution in [0.1, 0.15) is 19.8 Å². The van der Waals surface area contributed by atoms with Crippen molar-refractivity contribution >= 4 is 16.7 Å². The molecule has 0 saturated heterocycles. The van der Waals surface area contributed by atoms with Gasteiger partial charge in [-0.05, 0) is 31.9 Å². The minimum Gasteiger partial charge on any atom is -0.493 e. The van der Waals surface area contributed by atoms with Crippen molar-refractivity contribution in [2.45, 2.75) is 25.8 Å². The Hall–Kier alpha value is -1.62. The molecule has 1 fully saturated rings. The van der Waals surface area contributed by atoms with Gasteiger partial charge in [0.25, 0.3) is 0 Å². The Kier molecular flexibility index (Phi) is 3.15. The van der Waals surface area contributed by atoms with E-state index in [0.717, 1.165) is 22.3 Å². The lowest BCUT2D eigenvalue weighted by molar-refractivity contribution is 0.341. The highest BCUT2D eigenvalue weighted by molar-refractivity contribution is 7.09. The lowest BCUT2D eigenvalue weighted by Gasteiger charge is -2.06. The first kappa shape index (κ1) is 11.5. The van der Waals surface area contributed by atoms with Gasteiger partial charge in [0.1, 0.15) is 5.75 Å². The summed E-state index contributed by atoms with van der Waals surface area (Å²) in [5.41, 5.74) is 0.958. The second-order valence-electron chi connectivity index (χ2n) is 4.27. The van der Waals surface area contributed by atoms with E-state index in [1.165, 1.54) is 24.4 Å². The fraction of sp³-hybridized carbons (Fsp3) is 0.385. The van der Waals surface area contributed by atoms with E-state index in [4.69, 9.17) is 4.74 Å². The molecule has 1 saturated carbocycles. The molecule has 4 nitrogen and oxygen atoms in total. The number of hydrogen-bond acceptors (Lipinski definition) is 5. The molecule has 0 unspecified atom stereocenters. The fourth-order valence-corrected chi connectivity index (χ4v) is 2.39. The van der Waals surface area contributed by atoms with Crippen molar-refractivity contribution in [1.29, 1.82) is 0 Å². The van der Waals surface area contributed by atoms with E-state index >= 15 is 0 Å². The summed E-state index contributed by atoms with van der Waals surface area (Å²) in [7, 11) is 0. The minimum atomic E-state index is 0.605. The largest absolute Gasteiger partial charge is 0.493 e. The molecule has 0 aliphatic heterocycles. The molecule has 0 bridgehead atoms. The number of nitrogens with one attached hydrogen (secondary N) is 1. The van der Waals surface area contributed by atoms with Crippen molar-refractivity contribution in [3.63, 3.8) is 0 Å². The summed E-state index contributed by atoms with van der Waals surface area (Å²) in [5.74, 6) is 1.59. The van der Waals surface area contributed by atoms with Gasteiger partial charge in [-0.15, -0.1) is 0 Å². The van der Waals surface area contributed by atoms with E-state index in [9.17, 15) is 0 Å². The first-order valence-corrected chi connectivity index (χ1v) is 6.96. The van der Waals surface area contributed by atoms with Crippen molar-refractivity contribution in [2.24, 2.45) is 0 Å². The Morgan fingerprint density at radius 1 is 1.39 bits per heavy atom. The maximum absolute atomic E-state index is 5.60. The zero-order valence-electron chi connectivity index (χ0n) is 10.2. The molecule has 2 aromatic rings. The van der Waals surface area contributed by atoms with Crippen LogP contribution < -0.4 is 10.1 Å². The monoisotopic (exact) mass is 261 g/mol. The molecular formula is C13H15N3OS. The number of para-hydroxylation sites is 1. The molecule has 5 heteroatoms. The van der Waals surface area contributed by atoms with Gasteiger partial charge in [-0.3, -0.25) is 0 Å². The summed E-state index contributed by atoms with van der Waals surface area (Å²) in [6, 6.07) is 8.49. The zero-order chi connectivity index (χ0) is 12.4.